The van der Waals surface area contributed by atoms with Crippen LogP contribution in [0.3, 0.4) is 0 Å². The number of aromatic nitrogens is 8. The average Bonchev–Trinajstić information content (AvgIpc) is 1.80. The van der Waals surface area contributed by atoms with E-state index in [2.05, 4.69) is 69.7 Å². The molecule has 2 aliphatic heterocycles. The van der Waals surface area contributed by atoms with Crippen molar-refractivity contribution in [1.29, 1.82) is 0 Å². The molecule has 0 radical (unpaired) electrons. The second kappa shape index (κ2) is 39.8. The van der Waals surface area contributed by atoms with Gasteiger partial charge in [-0.2, -0.15) is 0 Å². The second-order valence-corrected chi connectivity index (χ2v) is 37.9. The Bertz CT molecular complexity index is 4600. The van der Waals surface area contributed by atoms with Crippen LogP contribution in [0.15, 0.2) is 81.8 Å². The molecule has 12 rings (SSSR count). The number of ether oxygens (including phenoxy) is 4. The van der Waals surface area contributed by atoms with Gasteiger partial charge >= 0.3 is 138 Å². The van der Waals surface area contributed by atoms with Gasteiger partial charge in [-0.3, -0.25) is 4.79 Å². The van der Waals surface area contributed by atoms with Crippen molar-refractivity contribution in [2.45, 2.75) is 74.1 Å². The Hall–Kier alpha value is -1.14. The minimum absolute atomic E-state index is 0. The molecule has 10 aromatic rings. The molecule has 89 heavy (non-hydrogen) atoms. The molecule has 5 N–H and O–H groups in total. The molecule has 4 aromatic carbocycles. The molecule has 0 aliphatic carbocycles. The molecule has 6 aromatic heterocycles. The minimum Gasteiger partial charge on any atom is -1.00 e. The first-order valence-corrected chi connectivity index (χ1v) is 41.6. The third kappa shape index (κ3) is 20.7. The molecule has 8 heterocycles. The van der Waals surface area contributed by atoms with E-state index in [-0.39, 0.29) is 165 Å². The van der Waals surface area contributed by atoms with Gasteiger partial charge in [-0.25, -0.2) is 19.9 Å². The van der Waals surface area contributed by atoms with E-state index in [1.165, 1.54) is 28.9 Å². The maximum Gasteiger partial charge on any atom is 1.00 e. The number of fused-ring (bicyclic) bond motifs is 8. The summed E-state index contributed by atoms with van der Waals surface area (Å²) in [5.74, 6) is 5.98. The average molecular weight is 1710 g/mol. The number of hydrogen-bond donors (Lipinski definition) is 4. The zero-order valence-electron chi connectivity index (χ0n) is 49.6. The van der Waals surface area contributed by atoms with Crippen molar-refractivity contribution in [2.75, 3.05) is 32.8 Å². The first-order valence-electron chi connectivity index (χ1n) is 25.2. The second-order valence-electron chi connectivity index (χ2n) is 18.1. The van der Waals surface area contributed by atoms with Crippen LogP contribution >= 0.6 is 11.6 Å². The number of carbonyl (C=O) groups is 1. The molecule has 0 amide bonds. The van der Waals surface area contributed by atoms with E-state index in [9.17, 15) is 0 Å². The molecule has 0 saturated heterocycles. The van der Waals surface area contributed by atoms with Crippen LogP contribution in [0.25, 0.3) is 66.1 Å². The van der Waals surface area contributed by atoms with E-state index < -0.39 is 0 Å². The summed E-state index contributed by atoms with van der Waals surface area (Å²) in [6.07, 6.45) is 0.928. The van der Waals surface area contributed by atoms with Crippen LogP contribution in [0, 0.1) is 41.5 Å². The molecule has 19 nitrogen and oxygen atoms in total. The fraction of sp³-hybridized carbons (Fsp3) is 0.278. The Balaban J connectivity index is 0.000000269. The SMILES string of the molecule is C.COc1cc2c(cc1-c1c(C)noc1C)[nH]c1nc(C)nc(Cl)c12.COc1cc2c(cc1-c1c(C)noc1C)[nH]c1nc(C)nc(N[C@@H]3COCc4ccccc43)c12.N[C@@H]1CCOc2ccccc21.O=CO[O-].S=S=S=S=S=S=S=S=S=S=S=S=S.[Cs+].[Cs+].[H-]. The number of methoxy groups -OCH3 is 2. The number of H-pyrrole nitrogens is 2. The van der Waals surface area contributed by atoms with Crippen molar-refractivity contribution >= 4 is 188 Å². The van der Waals surface area contributed by atoms with Crippen molar-refractivity contribution in [1.82, 2.24) is 40.2 Å². The van der Waals surface area contributed by atoms with E-state index in [4.69, 9.17) is 82.7 Å². The molecular weight excluding hydrogens is 1650 g/mol. The third-order valence-electron chi connectivity index (χ3n) is 12.9. The Morgan fingerprint density at radius 3 is 1.69 bits per heavy atom. The van der Waals surface area contributed by atoms with Gasteiger partial charge in [0.1, 0.15) is 62.7 Å². The zero-order valence-corrected chi connectivity index (χ0v) is 72.5. The van der Waals surface area contributed by atoms with Gasteiger partial charge < -0.3 is 60.6 Å². The summed E-state index contributed by atoms with van der Waals surface area (Å²) < 4.78 is 33.4. The van der Waals surface area contributed by atoms with Crippen molar-refractivity contribution in [2.24, 2.45) is 5.73 Å². The molecule has 0 saturated carbocycles. The van der Waals surface area contributed by atoms with Gasteiger partial charge in [-0.05, 0) is 83.0 Å². The Morgan fingerprint density at radius 1 is 0.708 bits per heavy atom. The maximum absolute atomic E-state index is 8.64. The van der Waals surface area contributed by atoms with Gasteiger partial charge in [-0.15, -0.1) is 0 Å². The number of aryl methyl sites for hydroxylation is 6. The largest absolute Gasteiger partial charge is 1.00 e. The number of anilines is 1. The number of nitrogens with two attached hydrogens (primary N) is 1. The smallest absolute Gasteiger partial charge is 1.00 e. The van der Waals surface area contributed by atoms with Crippen molar-refractivity contribution < 1.29 is 182 Å². The number of nitrogens with zero attached hydrogens (tertiary/aromatic N) is 6. The first kappa shape index (κ1) is 78.6. The number of carbonyl (C=O) groups excluding carboxylic acids is 1. The van der Waals surface area contributed by atoms with Gasteiger partial charge in [-0.1, -0.05) is 71.8 Å². The normalized spacial score (nSPS) is 13.1. The molecule has 0 spiro atoms. The van der Waals surface area contributed by atoms with Crippen LogP contribution < -0.4 is 168 Å². The van der Waals surface area contributed by atoms with E-state index in [1.54, 1.807) is 94.1 Å². The Labute approximate surface area is 678 Å². The fourth-order valence-electron chi connectivity index (χ4n) is 9.53. The monoisotopic (exact) mass is 1710 g/mol. The van der Waals surface area contributed by atoms with Gasteiger partial charge in [0.25, 0.3) is 6.47 Å². The Kier molecular flexibility index (Phi) is 35.1. The summed E-state index contributed by atoms with van der Waals surface area (Å²) in [5.41, 5.74) is 18.1. The summed E-state index contributed by atoms with van der Waals surface area (Å²) in [4.78, 5) is 36.2. The quantitative estimate of drug-likeness (QED) is 0.0748. The molecule has 0 unspecified atom stereocenters. The maximum atomic E-state index is 8.64. The van der Waals surface area contributed by atoms with E-state index in [1.807, 2.05) is 90.1 Å². The minimum atomic E-state index is -0.181. The first-order chi connectivity index (χ1) is 41.7. The predicted molar refractivity (Wildman–Crippen MR) is 377 cm³/mol. The van der Waals surface area contributed by atoms with E-state index in [0.717, 1.165) is 125 Å². The molecule has 2 atom stereocenters. The standard InChI is InChI=1S/C26H25N5O3.C17H15ClN4O2.C9H11NO.CH2O3.CH4.2Cs.S13.H/c1-13-23(14(2)34-31-13)19-9-20-18(10-22(19)32-4)24-25(29-20)27-15(3)28-26(24)30-21-12-33-11-16-7-5-6-8-17(16)21;1-7-14(8(2)24-22-7)11-5-12-10(6-13(11)23-4)15-16(18)19-9(3)20-17(15)21-12;10-8-5-6-11-9-4-2-1-3-7(8)9;2-1-4-3;;;;1-3-5-7-9-11-13-12-10-8-6-4-2;/h5-10,21H,11-12H2,1-4H3,(H2,27,28,29,30);5-6H,1-4H3,(H,19,20,21);1-4,8H,5-6,10H2;1,3H;1H4;;;;/q;;;;;2*+1;;-1/p-1/t21-;;8-;;;;;;/m1.1....../s1. The van der Waals surface area contributed by atoms with E-state index >= 15 is 0 Å². The summed E-state index contributed by atoms with van der Waals surface area (Å²) in [6, 6.07) is 24.5. The number of hydrogen-bond acceptors (Lipinski definition) is 19. The van der Waals surface area contributed by atoms with Crippen LogP contribution in [-0.2, 0) is 141 Å². The molecule has 35 heteroatoms. The zero-order chi connectivity index (χ0) is 61.3. The van der Waals surface area contributed by atoms with Crippen molar-refractivity contribution in [3.63, 3.8) is 0 Å². The van der Waals surface area contributed by atoms with Crippen LogP contribution in [0.1, 0.15) is 78.6 Å². The predicted octanol–water partition coefficient (Wildman–Crippen LogP) is 4.37. The molecule has 0 bridgehead atoms. The summed E-state index contributed by atoms with van der Waals surface area (Å²) in [5, 5.41) is 24.3. The van der Waals surface area contributed by atoms with Crippen molar-refractivity contribution in [3.05, 3.63) is 129 Å². The van der Waals surface area contributed by atoms with Crippen LogP contribution in [0.5, 0.6) is 17.2 Å². The number of aromatic amines is 2. The molecular formula is C54H57ClCs2N10O9S13. The van der Waals surface area contributed by atoms with Gasteiger partial charge in [0.15, 0.2) is 0 Å². The molecule has 2 aliphatic rings. The van der Waals surface area contributed by atoms with Crippen molar-refractivity contribution in [3.8, 4) is 39.5 Å². The van der Waals surface area contributed by atoms with E-state index in [0.29, 0.717) is 35.7 Å². The summed E-state index contributed by atoms with van der Waals surface area (Å²) in [7, 11) is 21.4. The number of nitrogens with one attached hydrogen (secondary N) is 3. The van der Waals surface area contributed by atoms with Gasteiger partial charge in [0, 0.05) is 171 Å². The third-order valence-corrected chi connectivity index (χ3v) is 35.4. The number of rotatable bonds is 7. The van der Waals surface area contributed by atoms with Gasteiger partial charge in [0.2, 0.25) is 0 Å². The van der Waals surface area contributed by atoms with Crippen LogP contribution in [0.2, 0.25) is 5.15 Å². The van der Waals surface area contributed by atoms with Gasteiger partial charge in [0.05, 0.1) is 73.4 Å². The summed E-state index contributed by atoms with van der Waals surface area (Å²) >= 11 is 15.7. The topological polar surface area (TPSA) is 260 Å². The van der Waals surface area contributed by atoms with Crippen LogP contribution in [0.4, 0.5) is 5.82 Å². The summed E-state index contributed by atoms with van der Waals surface area (Å²) in [6.45, 7) is 13.1. The number of halogens is 1. The molecule has 0 fully saturated rings. The Morgan fingerprint density at radius 2 is 1.19 bits per heavy atom. The van der Waals surface area contributed by atoms with Crippen LogP contribution in [-0.4, -0.2) is 74.1 Å². The fourth-order valence-corrected chi connectivity index (χ4v) is 34.5. The molecule has 464 valence electrons. The number of benzene rings is 4. The number of para-hydroxylation sites is 1.